The van der Waals surface area contributed by atoms with Crippen molar-refractivity contribution in [2.75, 3.05) is 24.2 Å². The Morgan fingerprint density at radius 2 is 1.89 bits per heavy atom. The molecule has 0 aromatic carbocycles. The minimum absolute atomic E-state index is 0.797. The maximum atomic E-state index is 4.33. The molecule has 0 aliphatic heterocycles. The Balaban J connectivity index is 2.46. The van der Waals surface area contributed by atoms with Crippen LogP contribution >= 0.6 is 0 Å². The van der Waals surface area contributed by atoms with Crippen LogP contribution in [0.15, 0.2) is 6.33 Å². The molecular weight excluding hydrogens is 224 g/mol. The van der Waals surface area contributed by atoms with Crippen LogP contribution in [0, 0.1) is 5.92 Å². The Morgan fingerprint density at radius 1 is 1.17 bits per heavy atom. The first-order valence-electron chi connectivity index (χ1n) is 6.94. The Hall–Kier alpha value is -1.32. The Kier molecular flexibility index (Phi) is 6.47. The largest absolute Gasteiger partial charge is 0.373 e. The van der Waals surface area contributed by atoms with E-state index in [9.17, 15) is 0 Å². The molecular formula is C14H26N4. The summed E-state index contributed by atoms with van der Waals surface area (Å²) in [4.78, 5) is 8.56. The summed E-state index contributed by atoms with van der Waals surface area (Å²) in [6.07, 6.45) is 6.32. The first-order chi connectivity index (χ1) is 8.69. The summed E-state index contributed by atoms with van der Waals surface area (Å²) < 4.78 is 0. The van der Waals surface area contributed by atoms with E-state index in [2.05, 4.69) is 41.4 Å². The van der Waals surface area contributed by atoms with Crippen molar-refractivity contribution < 1.29 is 0 Å². The molecule has 102 valence electrons. The van der Waals surface area contributed by atoms with Crippen LogP contribution in [0.3, 0.4) is 0 Å². The van der Waals surface area contributed by atoms with E-state index in [-0.39, 0.29) is 0 Å². The summed E-state index contributed by atoms with van der Waals surface area (Å²) in [5, 5.41) is 6.53. The molecule has 0 aliphatic rings. The number of aromatic nitrogens is 2. The number of anilines is 2. The van der Waals surface area contributed by atoms with Crippen molar-refractivity contribution >= 4 is 11.6 Å². The molecule has 0 radical (unpaired) electrons. The molecule has 0 unspecified atom stereocenters. The minimum atomic E-state index is 0.797. The fourth-order valence-electron chi connectivity index (χ4n) is 2.00. The van der Waals surface area contributed by atoms with Crippen LogP contribution in [0.4, 0.5) is 11.6 Å². The van der Waals surface area contributed by atoms with E-state index >= 15 is 0 Å². The molecule has 0 saturated carbocycles. The molecule has 0 bridgehead atoms. The Bertz CT molecular complexity index is 350. The molecule has 0 saturated heterocycles. The number of nitrogens with zero attached hydrogens (tertiary/aromatic N) is 2. The second-order valence-electron chi connectivity index (χ2n) is 4.97. The van der Waals surface area contributed by atoms with Crippen LogP contribution < -0.4 is 10.6 Å². The predicted octanol–water partition coefficient (Wildman–Crippen LogP) is 3.32. The topological polar surface area (TPSA) is 49.8 Å². The highest BCUT2D eigenvalue weighted by molar-refractivity contribution is 5.56. The third-order valence-electron chi connectivity index (χ3n) is 3.04. The van der Waals surface area contributed by atoms with E-state index in [1.807, 2.05) is 7.05 Å². The van der Waals surface area contributed by atoms with E-state index in [0.717, 1.165) is 30.5 Å². The standard InChI is InChI=1S/C14H26N4/c1-5-12-13(15-4)17-10-18-14(12)16-9-7-6-8-11(2)3/h10-11H,5-9H2,1-4H3,(H2,15,16,17,18). The minimum Gasteiger partial charge on any atom is -0.373 e. The van der Waals surface area contributed by atoms with Crippen LogP contribution in [0.5, 0.6) is 0 Å². The number of nitrogens with one attached hydrogen (secondary N) is 2. The molecule has 1 aromatic heterocycles. The van der Waals surface area contributed by atoms with Crippen LogP contribution in [-0.2, 0) is 6.42 Å². The van der Waals surface area contributed by atoms with Gasteiger partial charge in [-0.3, -0.25) is 0 Å². The summed E-state index contributed by atoms with van der Waals surface area (Å²) in [7, 11) is 1.90. The quantitative estimate of drug-likeness (QED) is 0.695. The molecule has 0 fully saturated rings. The van der Waals surface area contributed by atoms with E-state index < -0.39 is 0 Å². The first kappa shape index (κ1) is 14.7. The molecule has 1 heterocycles. The van der Waals surface area contributed by atoms with Gasteiger partial charge in [-0.2, -0.15) is 0 Å². The maximum Gasteiger partial charge on any atom is 0.134 e. The summed E-state index contributed by atoms with van der Waals surface area (Å²) >= 11 is 0. The fraction of sp³-hybridized carbons (Fsp3) is 0.714. The highest BCUT2D eigenvalue weighted by atomic mass is 15.1. The zero-order valence-corrected chi connectivity index (χ0v) is 12.1. The molecule has 0 aliphatic carbocycles. The molecule has 0 amide bonds. The van der Waals surface area contributed by atoms with Crippen molar-refractivity contribution in [3.05, 3.63) is 11.9 Å². The molecule has 18 heavy (non-hydrogen) atoms. The number of rotatable bonds is 8. The lowest BCUT2D eigenvalue weighted by molar-refractivity contribution is 0.544. The van der Waals surface area contributed by atoms with Gasteiger partial charge in [0.15, 0.2) is 0 Å². The van der Waals surface area contributed by atoms with Crippen molar-refractivity contribution in [3.8, 4) is 0 Å². The zero-order valence-electron chi connectivity index (χ0n) is 12.1. The number of unbranched alkanes of at least 4 members (excludes halogenated alkanes) is 1. The lowest BCUT2D eigenvalue weighted by Gasteiger charge is -2.12. The molecule has 1 aromatic rings. The van der Waals surface area contributed by atoms with Gasteiger partial charge in [-0.1, -0.05) is 33.6 Å². The highest BCUT2D eigenvalue weighted by Gasteiger charge is 2.07. The normalized spacial score (nSPS) is 10.7. The molecule has 4 nitrogen and oxygen atoms in total. The Morgan fingerprint density at radius 3 is 2.50 bits per heavy atom. The van der Waals surface area contributed by atoms with Gasteiger partial charge in [-0.05, 0) is 18.8 Å². The predicted molar refractivity (Wildman–Crippen MR) is 78.1 cm³/mol. The number of hydrogen-bond donors (Lipinski definition) is 2. The van der Waals surface area contributed by atoms with Crippen LogP contribution in [0.25, 0.3) is 0 Å². The summed E-state index contributed by atoms with van der Waals surface area (Å²) in [6.45, 7) is 7.65. The van der Waals surface area contributed by atoms with Gasteiger partial charge in [-0.15, -0.1) is 0 Å². The SMILES string of the molecule is CCc1c(NC)ncnc1NCCCCC(C)C. The van der Waals surface area contributed by atoms with Crippen molar-refractivity contribution in [2.24, 2.45) is 5.92 Å². The first-order valence-corrected chi connectivity index (χ1v) is 6.94. The van der Waals surface area contributed by atoms with Gasteiger partial charge in [0, 0.05) is 19.2 Å². The van der Waals surface area contributed by atoms with E-state index in [4.69, 9.17) is 0 Å². The van der Waals surface area contributed by atoms with Gasteiger partial charge in [-0.25, -0.2) is 9.97 Å². The van der Waals surface area contributed by atoms with Crippen molar-refractivity contribution in [1.29, 1.82) is 0 Å². The lowest BCUT2D eigenvalue weighted by Crippen LogP contribution is -2.09. The molecule has 0 atom stereocenters. The third-order valence-corrected chi connectivity index (χ3v) is 3.04. The lowest BCUT2D eigenvalue weighted by atomic mass is 10.1. The van der Waals surface area contributed by atoms with E-state index in [1.165, 1.54) is 24.8 Å². The average Bonchev–Trinajstić information content (AvgIpc) is 2.37. The zero-order chi connectivity index (χ0) is 13.4. The monoisotopic (exact) mass is 250 g/mol. The molecule has 2 N–H and O–H groups in total. The smallest absolute Gasteiger partial charge is 0.134 e. The molecule has 4 heteroatoms. The maximum absolute atomic E-state index is 4.33. The second-order valence-corrected chi connectivity index (χ2v) is 4.97. The summed E-state index contributed by atoms with van der Waals surface area (Å²) in [5.41, 5.74) is 1.17. The summed E-state index contributed by atoms with van der Waals surface area (Å²) in [6, 6.07) is 0. The molecule has 1 rings (SSSR count). The van der Waals surface area contributed by atoms with Gasteiger partial charge in [0.1, 0.15) is 18.0 Å². The van der Waals surface area contributed by atoms with Crippen molar-refractivity contribution in [3.63, 3.8) is 0 Å². The second kappa shape index (κ2) is 7.90. The van der Waals surface area contributed by atoms with Crippen LogP contribution in [-0.4, -0.2) is 23.6 Å². The van der Waals surface area contributed by atoms with Crippen molar-refractivity contribution in [1.82, 2.24) is 9.97 Å². The van der Waals surface area contributed by atoms with E-state index in [0.29, 0.717) is 0 Å². The van der Waals surface area contributed by atoms with E-state index in [1.54, 1.807) is 6.33 Å². The van der Waals surface area contributed by atoms with Gasteiger partial charge in [0.2, 0.25) is 0 Å². The highest BCUT2D eigenvalue weighted by Crippen LogP contribution is 2.19. The van der Waals surface area contributed by atoms with Gasteiger partial charge in [0.25, 0.3) is 0 Å². The number of hydrogen-bond acceptors (Lipinski definition) is 4. The van der Waals surface area contributed by atoms with Gasteiger partial charge < -0.3 is 10.6 Å². The van der Waals surface area contributed by atoms with Gasteiger partial charge in [0.05, 0.1) is 0 Å². The summed E-state index contributed by atoms with van der Waals surface area (Å²) in [5.74, 6) is 2.70. The fourth-order valence-corrected chi connectivity index (χ4v) is 2.00. The third kappa shape index (κ3) is 4.51. The molecule has 0 spiro atoms. The Labute approximate surface area is 111 Å². The van der Waals surface area contributed by atoms with Gasteiger partial charge >= 0.3 is 0 Å². The van der Waals surface area contributed by atoms with Crippen molar-refractivity contribution in [2.45, 2.75) is 46.5 Å². The average molecular weight is 250 g/mol. The van der Waals surface area contributed by atoms with Crippen LogP contribution in [0.2, 0.25) is 0 Å². The van der Waals surface area contributed by atoms with Crippen LogP contribution in [0.1, 0.15) is 45.6 Å².